The third-order valence-electron chi connectivity index (χ3n) is 6.36. The van der Waals surface area contributed by atoms with Gasteiger partial charge in [-0.15, -0.1) is 11.3 Å². The molecule has 0 spiro atoms. The van der Waals surface area contributed by atoms with E-state index in [1.54, 1.807) is 15.9 Å². The van der Waals surface area contributed by atoms with Gasteiger partial charge in [-0.05, 0) is 54.8 Å². The molecular weight excluding hydrogens is 442 g/mol. The molecule has 2 aliphatic rings. The van der Waals surface area contributed by atoms with Crippen molar-refractivity contribution in [3.8, 4) is 0 Å². The van der Waals surface area contributed by atoms with Gasteiger partial charge < -0.3 is 9.64 Å². The van der Waals surface area contributed by atoms with E-state index in [4.69, 9.17) is 9.72 Å². The fourth-order valence-electron chi connectivity index (χ4n) is 4.76. The van der Waals surface area contributed by atoms with Gasteiger partial charge in [-0.2, -0.15) is 0 Å². The fourth-order valence-corrected chi connectivity index (χ4v) is 6.58. The Morgan fingerprint density at radius 2 is 2.19 bits per heavy atom. The number of thiophene rings is 1. The zero-order valence-electron chi connectivity index (χ0n) is 18.2. The van der Waals surface area contributed by atoms with Crippen LogP contribution in [0.5, 0.6) is 0 Å². The van der Waals surface area contributed by atoms with E-state index < -0.39 is 0 Å². The molecule has 0 saturated carbocycles. The van der Waals surface area contributed by atoms with Crippen LogP contribution in [0.4, 0.5) is 0 Å². The number of benzene rings is 1. The third-order valence-corrected chi connectivity index (χ3v) is 8.32. The first kappa shape index (κ1) is 21.7. The summed E-state index contributed by atoms with van der Waals surface area (Å²) in [7, 11) is 0. The van der Waals surface area contributed by atoms with Gasteiger partial charge in [0.1, 0.15) is 0 Å². The van der Waals surface area contributed by atoms with Crippen LogP contribution in [-0.2, 0) is 22.5 Å². The Morgan fingerprint density at radius 1 is 1.31 bits per heavy atom. The van der Waals surface area contributed by atoms with Gasteiger partial charge in [-0.1, -0.05) is 30.8 Å². The van der Waals surface area contributed by atoms with Gasteiger partial charge in [0.2, 0.25) is 5.91 Å². The van der Waals surface area contributed by atoms with Crippen molar-refractivity contribution >= 4 is 39.9 Å². The van der Waals surface area contributed by atoms with Gasteiger partial charge in [-0.3, -0.25) is 14.2 Å². The number of fused-ring (bicyclic) bond motifs is 2. The van der Waals surface area contributed by atoms with Crippen LogP contribution in [0.3, 0.4) is 0 Å². The fraction of sp³-hybridized carbons (Fsp3) is 0.458. The van der Waals surface area contributed by atoms with Crippen LogP contribution < -0.4 is 5.56 Å². The summed E-state index contributed by atoms with van der Waals surface area (Å²) in [5.74, 6) is 0.372. The molecule has 32 heavy (non-hydrogen) atoms. The minimum atomic E-state index is -0.0617. The number of nitrogens with zero attached hydrogens (tertiary/aromatic N) is 3. The molecule has 3 aromatic rings. The second-order valence-corrected chi connectivity index (χ2v) is 10.3. The lowest BCUT2D eigenvalue weighted by atomic mass is 9.98. The Balaban J connectivity index is 1.39. The molecule has 4 heterocycles. The molecule has 0 bridgehead atoms. The number of amides is 1. The molecule has 1 amide bonds. The molecule has 2 atom stereocenters. The van der Waals surface area contributed by atoms with Crippen LogP contribution in [0.25, 0.3) is 10.9 Å². The number of rotatable bonds is 6. The number of para-hydroxylation sites is 1. The highest BCUT2D eigenvalue weighted by Gasteiger charge is 2.30. The molecule has 1 fully saturated rings. The molecule has 0 aliphatic carbocycles. The summed E-state index contributed by atoms with van der Waals surface area (Å²) in [5.41, 5.74) is 1.90. The van der Waals surface area contributed by atoms with Crippen molar-refractivity contribution in [2.75, 3.05) is 18.9 Å². The number of carbonyl (C=O) groups excluding carboxylic acids is 1. The van der Waals surface area contributed by atoms with Gasteiger partial charge in [0.05, 0.1) is 35.3 Å². The van der Waals surface area contributed by atoms with E-state index >= 15 is 0 Å². The van der Waals surface area contributed by atoms with Crippen molar-refractivity contribution < 1.29 is 9.53 Å². The van der Waals surface area contributed by atoms with Gasteiger partial charge in [0.25, 0.3) is 5.56 Å². The normalized spacial score (nSPS) is 20.6. The highest BCUT2D eigenvalue weighted by atomic mass is 32.2. The minimum Gasteiger partial charge on any atom is -0.376 e. The van der Waals surface area contributed by atoms with Crippen molar-refractivity contribution in [3.05, 3.63) is 56.5 Å². The molecule has 2 unspecified atom stereocenters. The summed E-state index contributed by atoms with van der Waals surface area (Å²) in [6.45, 7) is 4.10. The lowest BCUT2D eigenvalue weighted by Gasteiger charge is -2.35. The number of hydrogen-bond donors (Lipinski definition) is 0. The van der Waals surface area contributed by atoms with E-state index in [1.807, 2.05) is 29.2 Å². The van der Waals surface area contributed by atoms with E-state index in [1.165, 1.54) is 22.2 Å². The number of carbonyl (C=O) groups is 1. The van der Waals surface area contributed by atoms with Crippen molar-refractivity contribution in [1.82, 2.24) is 14.5 Å². The predicted octanol–water partition coefficient (Wildman–Crippen LogP) is 4.27. The summed E-state index contributed by atoms with van der Waals surface area (Å²) in [6.07, 6.45) is 3.79. The molecule has 8 heteroatoms. The van der Waals surface area contributed by atoms with Crippen LogP contribution in [0.1, 0.15) is 42.7 Å². The van der Waals surface area contributed by atoms with Crippen LogP contribution in [0.15, 0.2) is 45.7 Å². The Kier molecular flexibility index (Phi) is 6.35. The Hall–Kier alpha value is -2.16. The third kappa shape index (κ3) is 4.11. The van der Waals surface area contributed by atoms with Crippen LogP contribution in [0, 0.1) is 0 Å². The van der Waals surface area contributed by atoms with Crippen LogP contribution in [-0.4, -0.2) is 45.4 Å². The lowest BCUT2D eigenvalue weighted by molar-refractivity contribution is -0.131. The molecule has 0 N–H and O–H groups in total. The first-order valence-electron chi connectivity index (χ1n) is 11.3. The quantitative estimate of drug-likeness (QED) is 0.399. The van der Waals surface area contributed by atoms with E-state index in [0.717, 1.165) is 38.8 Å². The van der Waals surface area contributed by atoms with Crippen molar-refractivity contribution in [3.63, 3.8) is 0 Å². The molecule has 1 aromatic carbocycles. The highest BCUT2D eigenvalue weighted by Crippen LogP contribution is 2.35. The zero-order chi connectivity index (χ0) is 22.1. The van der Waals surface area contributed by atoms with E-state index in [2.05, 4.69) is 18.4 Å². The maximum absolute atomic E-state index is 13.2. The van der Waals surface area contributed by atoms with Crippen LogP contribution in [0.2, 0.25) is 0 Å². The van der Waals surface area contributed by atoms with Gasteiger partial charge >= 0.3 is 0 Å². The van der Waals surface area contributed by atoms with Crippen LogP contribution >= 0.6 is 23.1 Å². The second kappa shape index (κ2) is 9.37. The first-order chi connectivity index (χ1) is 15.7. The largest absolute Gasteiger partial charge is 0.376 e. The van der Waals surface area contributed by atoms with E-state index in [9.17, 15) is 9.59 Å². The van der Waals surface area contributed by atoms with E-state index in [-0.39, 0.29) is 29.4 Å². The summed E-state index contributed by atoms with van der Waals surface area (Å²) in [6, 6.07) is 9.71. The van der Waals surface area contributed by atoms with E-state index in [0.29, 0.717) is 22.6 Å². The number of ether oxygens (including phenoxy) is 1. The average molecular weight is 470 g/mol. The molecular formula is C24H27N3O3S2. The summed E-state index contributed by atoms with van der Waals surface area (Å²) in [4.78, 5) is 34.7. The number of aromatic nitrogens is 2. The second-order valence-electron chi connectivity index (χ2n) is 8.31. The minimum absolute atomic E-state index is 0.0225. The predicted molar refractivity (Wildman–Crippen MR) is 128 cm³/mol. The van der Waals surface area contributed by atoms with Crippen molar-refractivity contribution in [1.29, 1.82) is 0 Å². The SMILES string of the molecule is CCC1c2ccsc2CCN1C(=O)CSc1nc2ccccc2c(=O)n1CC1CCCO1. The Labute approximate surface area is 195 Å². The standard InChI is InChI=1S/C24H27N3O3S2/c1-2-20-18-10-13-31-21(18)9-11-26(20)22(28)15-32-24-25-19-8-4-3-7-17(19)23(29)27(24)14-16-6-5-12-30-16/h3-4,7-8,10,13,16,20H,2,5-6,9,11-12,14-15H2,1H3. The molecule has 6 nitrogen and oxygen atoms in total. The lowest BCUT2D eigenvalue weighted by Crippen LogP contribution is -2.40. The van der Waals surface area contributed by atoms with Crippen molar-refractivity contribution in [2.45, 2.75) is 56.5 Å². The smallest absolute Gasteiger partial charge is 0.262 e. The monoisotopic (exact) mass is 469 g/mol. The van der Waals surface area contributed by atoms with Gasteiger partial charge in [0.15, 0.2) is 5.16 Å². The van der Waals surface area contributed by atoms with Gasteiger partial charge in [-0.25, -0.2) is 4.98 Å². The Bertz CT molecular complexity index is 1180. The first-order valence-corrected chi connectivity index (χ1v) is 13.1. The van der Waals surface area contributed by atoms with Crippen molar-refractivity contribution in [2.24, 2.45) is 0 Å². The maximum atomic E-state index is 13.2. The molecule has 0 radical (unpaired) electrons. The summed E-state index contributed by atoms with van der Waals surface area (Å²) < 4.78 is 7.49. The molecule has 1 saturated heterocycles. The zero-order valence-corrected chi connectivity index (χ0v) is 19.8. The topological polar surface area (TPSA) is 64.4 Å². The summed E-state index contributed by atoms with van der Waals surface area (Å²) >= 11 is 3.15. The molecule has 5 rings (SSSR count). The number of thioether (sulfide) groups is 1. The molecule has 168 valence electrons. The number of hydrogen-bond acceptors (Lipinski definition) is 6. The maximum Gasteiger partial charge on any atom is 0.262 e. The highest BCUT2D eigenvalue weighted by molar-refractivity contribution is 7.99. The summed E-state index contributed by atoms with van der Waals surface area (Å²) in [5, 5.41) is 3.32. The average Bonchev–Trinajstić information content (AvgIpc) is 3.51. The molecule has 2 aromatic heterocycles. The Morgan fingerprint density at radius 3 is 3.00 bits per heavy atom. The van der Waals surface area contributed by atoms with Gasteiger partial charge in [0, 0.05) is 18.0 Å². The molecule has 2 aliphatic heterocycles.